The fraction of sp³-hybridized carbons (Fsp3) is 0.700. The van der Waals surface area contributed by atoms with Crippen molar-refractivity contribution >= 4 is 5.69 Å². The number of hydrogen-bond donors (Lipinski definition) is 0. The van der Waals surface area contributed by atoms with Crippen LogP contribution in [-0.2, 0) is 11.2 Å². The van der Waals surface area contributed by atoms with Gasteiger partial charge in [-0.15, -0.1) is 0 Å². The maximum absolute atomic E-state index is 10.8. The van der Waals surface area contributed by atoms with Crippen molar-refractivity contribution in [2.24, 2.45) is 0 Å². The Hall–Kier alpha value is -1.43. The Balaban J connectivity index is 2.24. The summed E-state index contributed by atoms with van der Waals surface area (Å²) in [7, 11) is 0. The van der Waals surface area contributed by atoms with E-state index in [1.54, 1.807) is 4.68 Å². The summed E-state index contributed by atoms with van der Waals surface area (Å²) in [4.78, 5) is 10.4. The Morgan fingerprint density at radius 1 is 1.69 bits per heavy atom. The second-order valence-electron chi connectivity index (χ2n) is 3.87. The normalized spacial score (nSPS) is 20.9. The zero-order valence-corrected chi connectivity index (χ0v) is 9.26. The number of hydrogen-bond acceptors (Lipinski definition) is 4. The fourth-order valence-electron chi connectivity index (χ4n) is 1.90. The lowest BCUT2D eigenvalue weighted by atomic mass is 10.2. The van der Waals surface area contributed by atoms with Crippen LogP contribution in [0.15, 0.2) is 6.20 Å². The Morgan fingerprint density at radius 2 is 2.50 bits per heavy atom. The fourth-order valence-corrected chi connectivity index (χ4v) is 1.90. The summed E-state index contributed by atoms with van der Waals surface area (Å²) in [5.41, 5.74) is 0.621. The van der Waals surface area contributed by atoms with Crippen molar-refractivity contribution < 1.29 is 9.66 Å². The molecule has 1 unspecified atom stereocenters. The summed E-state index contributed by atoms with van der Waals surface area (Å²) >= 11 is 0. The Morgan fingerprint density at radius 3 is 3.00 bits per heavy atom. The van der Waals surface area contributed by atoms with Crippen LogP contribution >= 0.6 is 0 Å². The van der Waals surface area contributed by atoms with E-state index in [9.17, 15) is 10.1 Å². The summed E-state index contributed by atoms with van der Waals surface area (Å²) in [5.74, 6) is 0. The van der Waals surface area contributed by atoms with Crippen LogP contribution in [0.4, 0.5) is 5.69 Å². The Bertz CT molecular complexity index is 383. The molecule has 1 aliphatic heterocycles. The summed E-state index contributed by atoms with van der Waals surface area (Å²) < 4.78 is 7.13. The van der Waals surface area contributed by atoms with Gasteiger partial charge in [0.15, 0.2) is 0 Å². The topological polar surface area (TPSA) is 70.2 Å². The first kappa shape index (κ1) is 11.1. The second-order valence-corrected chi connectivity index (χ2v) is 3.87. The van der Waals surface area contributed by atoms with Crippen LogP contribution < -0.4 is 0 Å². The molecule has 6 nitrogen and oxygen atoms in total. The third-order valence-corrected chi connectivity index (χ3v) is 2.77. The van der Waals surface area contributed by atoms with Crippen molar-refractivity contribution in [3.8, 4) is 0 Å². The minimum atomic E-state index is -0.384. The standard InChI is InChI=1S/C10H15N3O3/c1-2-8-9(13(14)15)7-12(11-8)10-5-3-4-6-16-10/h7,10H,2-6H2,1H3. The van der Waals surface area contributed by atoms with Gasteiger partial charge in [-0.3, -0.25) is 10.1 Å². The minimum absolute atomic E-state index is 0.0941. The van der Waals surface area contributed by atoms with Crippen LogP contribution in [0.5, 0.6) is 0 Å². The smallest absolute Gasteiger partial charge is 0.310 e. The highest BCUT2D eigenvalue weighted by atomic mass is 16.6. The molecular formula is C10H15N3O3. The molecule has 1 aliphatic rings. The van der Waals surface area contributed by atoms with E-state index in [2.05, 4.69) is 5.10 Å². The average molecular weight is 225 g/mol. The predicted octanol–water partition coefficient (Wildman–Crippen LogP) is 2.05. The molecule has 1 atom stereocenters. The van der Waals surface area contributed by atoms with Crippen molar-refractivity contribution in [1.29, 1.82) is 0 Å². The van der Waals surface area contributed by atoms with Gasteiger partial charge in [0.05, 0.1) is 4.92 Å². The highest BCUT2D eigenvalue weighted by Gasteiger charge is 2.23. The van der Waals surface area contributed by atoms with E-state index in [1.165, 1.54) is 6.20 Å². The number of aromatic nitrogens is 2. The quantitative estimate of drug-likeness (QED) is 0.583. The van der Waals surface area contributed by atoms with Crippen molar-refractivity contribution in [2.45, 2.75) is 38.8 Å². The molecule has 0 N–H and O–H groups in total. The molecule has 16 heavy (non-hydrogen) atoms. The molecular weight excluding hydrogens is 210 g/mol. The molecule has 0 aliphatic carbocycles. The SMILES string of the molecule is CCc1nn(C2CCCCO2)cc1[N+](=O)[O-]. The molecule has 1 aromatic heterocycles. The first-order valence-electron chi connectivity index (χ1n) is 5.56. The average Bonchev–Trinajstić information content (AvgIpc) is 2.74. The van der Waals surface area contributed by atoms with Gasteiger partial charge in [-0.25, -0.2) is 4.68 Å². The van der Waals surface area contributed by atoms with Crippen molar-refractivity contribution in [3.63, 3.8) is 0 Å². The van der Waals surface area contributed by atoms with E-state index in [1.807, 2.05) is 6.92 Å². The van der Waals surface area contributed by atoms with E-state index >= 15 is 0 Å². The van der Waals surface area contributed by atoms with Gasteiger partial charge in [-0.1, -0.05) is 6.92 Å². The van der Waals surface area contributed by atoms with E-state index in [0.29, 0.717) is 18.7 Å². The van der Waals surface area contributed by atoms with E-state index in [0.717, 1.165) is 19.3 Å². The zero-order valence-electron chi connectivity index (χ0n) is 9.26. The molecule has 0 spiro atoms. The Labute approximate surface area is 93.4 Å². The highest BCUT2D eigenvalue weighted by Crippen LogP contribution is 2.25. The van der Waals surface area contributed by atoms with Gasteiger partial charge >= 0.3 is 5.69 Å². The first-order valence-corrected chi connectivity index (χ1v) is 5.56. The number of nitro groups is 1. The predicted molar refractivity (Wildman–Crippen MR) is 57.1 cm³/mol. The van der Waals surface area contributed by atoms with Crippen LogP contribution in [0.2, 0.25) is 0 Å². The van der Waals surface area contributed by atoms with Crippen LogP contribution in [0.1, 0.15) is 38.1 Å². The van der Waals surface area contributed by atoms with Gasteiger partial charge in [0.2, 0.25) is 0 Å². The molecule has 88 valence electrons. The van der Waals surface area contributed by atoms with Gasteiger partial charge in [-0.05, 0) is 25.7 Å². The van der Waals surface area contributed by atoms with E-state index in [4.69, 9.17) is 4.74 Å². The first-order chi connectivity index (χ1) is 7.72. The molecule has 2 rings (SSSR count). The molecule has 1 saturated heterocycles. The van der Waals surface area contributed by atoms with Crippen LogP contribution in [-0.4, -0.2) is 21.3 Å². The number of rotatable bonds is 3. The monoisotopic (exact) mass is 225 g/mol. The van der Waals surface area contributed by atoms with Gasteiger partial charge < -0.3 is 4.74 Å². The van der Waals surface area contributed by atoms with Crippen LogP contribution in [0.3, 0.4) is 0 Å². The lowest BCUT2D eigenvalue weighted by Crippen LogP contribution is -2.18. The molecule has 0 saturated carbocycles. The van der Waals surface area contributed by atoms with Crippen molar-refractivity contribution in [3.05, 3.63) is 22.0 Å². The molecule has 1 fully saturated rings. The van der Waals surface area contributed by atoms with Crippen molar-refractivity contribution in [1.82, 2.24) is 9.78 Å². The van der Waals surface area contributed by atoms with E-state index in [-0.39, 0.29) is 16.8 Å². The van der Waals surface area contributed by atoms with Gasteiger partial charge in [-0.2, -0.15) is 5.10 Å². The molecule has 6 heteroatoms. The molecule has 0 bridgehead atoms. The third kappa shape index (κ3) is 2.06. The molecule has 1 aromatic rings. The van der Waals surface area contributed by atoms with Gasteiger partial charge in [0.25, 0.3) is 0 Å². The lowest BCUT2D eigenvalue weighted by molar-refractivity contribution is -0.385. The number of aryl methyl sites for hydroxylation is 1. The molecule has 0 aromatic carbocycles. The summed E-state index contributed by atoms with van der Waals surface area (Å²) in [6.45, 7) is 2.57. The molecule has 2 heterocycles. The minimum Gasteiger partial charge on any atom is -0.357 e. The number of ether oxygens (including phenoxy) is 1. The lowest BCUT2D eigenvalue weighted by Gasteiger charge is -2.22. The van der Waals surface area contributed by atoms with Gasteiger partial charge in [0.1, 0.15) is 18.1 Å². The zero-order chi connectivity index (χ0) is 11.5. The third-order valence-electron chi connectivity index (χ3n) is 2.77. The summed E-state index contributed by atoms with van der Waals surface area (Å²) in [6, 6.07) is 0. The maximum Gasteiger partial charge on any atom is 0.310 e. The number of nitrogens with zero attached hydrogens (tertiary/aromatic N) is 3. The van der Waals surface area contributed by atoms with Gasteiger partial charge in [0, 0.05) is 6.61 Å². The molecule has 0 radical (unpaired) electrons. The van der Waals surface area contributed by atoms with Crippen LogP contribution in [0, 0.1) is 10.1 Å². The Kier molecular flexibility index (Phi) is 3.19. The van der Waals surface area contributed by atoms with Crippen molar-refractivity contribution in [2.75, 3.05) is 6.61 Å². The maximum atomic E-state index is 10.8. The van der Waals surface area contributed by atoms with E-state index < -0.39 is 0 Å². The molecule has 0 amide bonds. The van der Waals surface area contributed by atoms with Crippen LogP contribution in [0.25, 0.3) is 0 Å². The summed E-state index contributed by atoms with van der Waals surface area (Å²) in [6.07, 6.45) is 4.93. The second kappa shape index (κ2) is 4.61. The highest BCUT2D eigenvalue weighted by molar-refractivity contribution is 5.32. The largest absolute Gasteiger partial charge is 0.357 e. The summed E-state index contributed by atoms with van der Waals surface area (Å²) in [5, 5.41) is 15.0.